The summed E-state index contributed by atoms with van der Waals surface area (Å²) in [6.45, 7) is 1.58. The summed E-state index contributed by atoms with van der Waals surface area (Å²) in [4.78, 5) is 26.0. The highest BCUT2D eigenvalue weighted by Gasteiger charge is 2.33. The number of likely N-dealkylation sites (N-methyl/N-ethyl adjacent to an activating group) is 2. The Kier molecular flexibility index (Phi) is 9.36. The number of alkyl halides is 3. The lowest BCUT2D eigenvalue weighted by Gasteiger charge is -2.29. The van der Waals surface area contributed by atoms with Crippen LogP contribution in [0, 0.1) is 5.92 Å². The van der Waals surface area contributed by atoms with E-state index in [1.807, 2.05) is 34.3 Å². The third kappa shape index (κ3) is 7.71. The summed E-state index contributed by atoms with van der Waals surface area (Å²) in [6.07, 6.45) is -1.66. The van der Waals surface area contributed by atoms with Crippen LogP contribution in [0.1, 0.15) is 36.8 Å². The van der Waals surface area contributed by atoms with Crippen LogP contribution in [-0.4, -0.2) is 68.1 Å². The molecule has 0 radical (unpaired) electrons. The fourth-order valence-electron chi connectivity index (χ4n) is 4.25. The first-order valence-electron chi connectivity index (χ1n) is 12.2. The first kappa shape index (κ1) is 27.5. The third-order valence-corrected chi connectivity index (χ3v) is 6.45. The maximum Gasteiger partial charge on any atom is 0.416 e. The molecule has 1 aliphatic rings. The van der Waals surface area contributed by atoms with E-state index in [0.29, 0.717) is 24.6 Å². The number of aromatic nitrogens is 2. The fraction of sp³-hybridized carbons (Fsp3) is 0.560. The van der Waals surface area contributed by atoms with Crippen molar-refractivity contribution in [1.29, 1.82) is 0 Å². The lowest BCUT2D eigenvalue weighted by atomic mass is 9.85. The minimum absolute atomic E-state index is 0.0709. The maximum atomic E-state index is 13.2. The van der Waals surface area contributed by atoms with E-state index in [2.05, 4.69) is 35.7 Å². The number of rotatable bonds is 10. The Balaban J connectivity index is 1.54. The first-order valence-corrected chi connectivity index (χ1v) is 12.2. The highest BCUT2D eigenvalue weighted by Crippen LogP contribution is 2.32. The molecule has 0 saturated heterocycles. The van der Waals surface area contributed by atoms with Gasteiger partial charge in [-0.3, -0.25) is 4.79 Å². The molecule has 1 aliphatic carbocycles. The molecule has 1 aromatic carbocycles. The van der Waals surface area contributed by atoms with Gasteiger partial charge in [-0.15, -0.1) is 0 Å². The second-order valence-electron chi connectivity index (χ2n) is 9.48. The van der Waals surface area contributed by atoms with Crippen LogP contribution in [0.2, 0.25) is 0 Å². The van der Waals surface area contributed by atoms with Crippen LogP contribution in [0.25, 0.3) is 0 Å². The number of anilines is 3. The van der Waals surface area contributed by atoms with Crippen molar-refractivity contribution in [2.45, 2.75) is 44.4 Å². The van der Waals surface area contributed by atoms with E-state index in [4.69, 9.17) is 0 Å². The van der Waals surface area contributed by atoms with Crippen LogP contribution in [0.15, 0.2) is 30.3 Å². The van der Waals surface area contributed by atoms with Crippen LogP contribution in [0.3, 0.4) is 0 Å². The van der Waals surface area contributed by atoms with Gasteiger partial charge in [0.15, 0.2) is 0 Å². The number of carbonyl (C=O) groups excluding carboxylic acids is 1. The van der Waals surface area contributed by atoms with Gasteiger partial charge in [-0.05, 0) is 51.4 Å². The van der Waals surface area contributed by atoms with Crippen LogP contribution in [0.5, 0.6) is 0 Å². The van der Waals surface area contributed by atoms with Crippen molar-refractivity contribution in [3.05, 3.63) is 41.5 Å². The Morgan fingerprint density at radius 1 is 1.06 bits per heavy atom. The zero-order valence-corrected chi connectivity index (χ0v) is 21.3. The van der Waals surface area contributed by atoms with E-state index < -0.39 is 11.7 Å². The zero-order chi connectivity index (χ0) is 26.3. The standard InChI is InChI=1S/C25H36F3N7O/c1-29-21-15-22(35(4)14-13-34(2)3)33-24(32-21)31-19-11-9-17(10-12-19)23(36)30-16-18-7-5-6-8-20(18)25(26,27)28/h5-8,15,17,19H,9-14,16H2,1-4H3,(H,30,36)(H2,29,31,32,33). The lowest BCUT2D eigenvalue weighted by molar-refractivity contribution is -0.138. The van der Waals surface area contributed by atoms with Crippen LogP contribution in [0.4, 0.5) is 30.8 Å². The van der Waals surface area contributed by atoms with Crippen molar-refractivity contribution in [2.24, 2.45) is 5.92 Å². The number of hydrogen-bond acceptors (Lipinski definition) is 7. The van der Waals surface area contributed by atoms with Gasteiger partial charge in [0.1, 0.15) is 11.6 Å². The molecule has 11 heteroatoms. The van der Waals surface area contributed by atoms with E-state index in [0.717, 1.165) is 37.8 Å². The van der Waals surface area contributed by atoms with Crippen molar-refractivity contribution in [2.75, 3.05) is 56.8 Å². The van der Waals surface area contributed by atoms with Gasteiger partial charge in [0.05, 0.1) is 5.56 Å². The predicted octanol–water partition coefficient (Wildman–Crippen LogP) is 3.82. The van der Waals surface area contributed by atoms with Crippen LogP contribution < -0.4 is 20.9 Å². The molecule has 8 nitrogen and oxygen atoms in total. The van der Waals surface area contributed by atoms with Gasteiger partial charge in [-0.1, -0.05) is 18.2 Å². The highest BCUT2D eigenvalue weighted by atomic mass is 19.4. The topological polar surface area (TPSA) is 85.4 Å². The molecule has 0 unspecified atom stereocenters. The summed E-state index contributed by atoms with van der Waals surface area (Å²) in [6, 6.07) is 7.35. The zero-order valence-electron chi connectivity index (χ0n) is 21.3. The molecular formula is C25H36F3N7O. The smallest absolute Gasteiger partial charge is 0.373 e. The van der Waals surface area contributed by atoms with E-state index in [1.165, 1.54) is 12.1 Å². The van der Waals surface area contributed by atoms with Gasteiger partial charge in [-0.2, -0.15) is 23.1 Å². The lowest BCUT2D eigenvalue weighted by Crippen LogP contribution is -2.36. The average Bonchev–Trinajstić information content (AvgIpc) is 2.85. The van der Waals surface area contributed by atoms with Gasteiger partial charge >= 0.3 is 6.18 Å². The average molecular weight is 508 g/mol. The Bertz CT molecular complexity index is 1010. The summed E-state index contributed by atoms with van der Waals surface area (Å²) in [5.74, 6) is 1.63. The Morgan fingerprint density at radius 2 is 1.75 bits per heavy atom. The highest BCUT2D eigenvalue weighted by molar-refractivity contribution is 5.78. The monoisotopic (exact) mass is 507 g/mol. The van der Waals surface area contributed by atoms with Crippen molar-refractivity contribution in [1.82, 2.24) is 20.2 Å². The van der Waals surface area contributed by atoms with E-state index in [1.54, 1.807) is 6.07 Å². The molecule has 0 bridgehead atoms. The van der Waals surface area contributed by atoms with Crippen LogP contribution >= 0.6 is 0 Å². The molecule has 0 spiro atoms. The Hall–Kier alpha value is -3.08. The molecular weight excluding hydrogens is 471 g/mol. The normalized spacial score (nSPS) is 18.1. The summed E-state index contributed by atoms with van der Waals surface area (Å²) in [5.41, 5.74) is -0.643. The number of nitrogens with zero attached hydrogens (tertiary/aromatic N) is 4. The largest absolute Gasteiger partial charge is 0.416 e. The molecule has 1 amide bonds. The molecule has 36 heavy (non-hydrogen) atoms. The number of benzene rings is 1. The second-order valence-corrected chi connectivity index (χ2v) is 9.48. The number of nitrogens with one attached hydrogen (secondary N) is 3. The number of carbonyl (C=O) groups is 1. The molecule has 1 heterocycles. The number of halogens is 3. The quantitative estimate of drug-likeness (QED) is 0.451. The summed E-state index contributed by atoms with van der Waals surface area (Å²) >= 11 is 0. The molecule has 198 valence electrons. The Morgan fingerprint density at radius 3 is 2.39 bits per heavy atom. The molecule has 1 fully saturated rings. The van der Waals surface area contributed by atoms with Gasteiger partial charge in [0.25, 0.3) is 0 Å². The van der Waals surface area contributed by atoms with Crippen LogP contribution in [-0.2, 0) is 17.5 Å². The van der Waals surface area contributed by atoms with Crippen molar-refractivity contribution in [3.63, 3.8) is 0 Å². The number of amides is 1. The molecule has 2 aromatic rings. The van der Waals surface area contributed by atoms with E-state index >= 15 is 0 Å². The minimum Gasteiger partial charge on any atom is -0.373 e. The fourth-order valence-corrected chi connectivity index (χ4v) is 4.25. The molecule has 0 atom stereocenters. The number of hydrogen-bond donors (Lipinski definition) is 3. The predicted molar refractivity (Wildman–Crippen MR) is 136 cm³/mol. The van der Waals surface area contributed by atoms with Crippen molar-refractivity contribution < 1.29 is 18.0 Å². The molecule has 1 saturated carbocycles. The van der Waals surface area contributed by atoms with E-state index in [9.17, 15) is 18.0 Å². The van der Waals surface area contributed by atoms with Gasteiger partial charge < -0.3 is 25.8 Å². The molecule has 0 aliphatic heterocycles. The summed E-state index contributed by atoms with van der Waals surface area (Å²) in [7, 11) is 7.86. The maximum absolute atomic E-state index is 13.2. The minimum atomic E-state index is -4.45. The van der Waals surface area contributed by atoms with Gasteiger partial charge in [-0.25, -0.2) is 0 Å². The van der Waals surface area contributed by atoms with E-state index in [-0.39, 0.29) is 30.0 Å². The molecule has 3 N–H and O–H groups in total. The second kappa shape index (κ2) is 12.2. The molecule has 3 rings (SSSR count). The summed E-state index contributed by atoms with van der Waals surface area (Å²) < 4.78 is 39.6. The van der Waals surface area contributed by atoms with Gasteiger partial charge in [0, 0.05) is 51.8 Å². The first-order chi connectivity index (χ1) is 17.1. The van der Waals surface area contributed by atoms with Crippen molar-refractivity contribution >= 4 is 23.5 Å². The SMILES string of the molecule is CNc1cc(N(C)CCN(C)C)nc(NC2CCC(C(=O)NCc3ccccc3C(F)(F)F)CC2)n1. The molecule has 1 aromatic heterocycles. The third-order valence-electron chi connectivity index (χ3n) is 6.45. The van der Waals surface area contributed by atoms with Gasteiger partial charge in [0.2, 0.25) is 11.9 Å². The Labute approximate surface area is 210 Å². The van der Waals surface area contributed by atoms with Crippen molar-refractivity contribution in [3.8, 4) is 0 Å². The summed E-state index contributed by atoms with van der Waals surface area (Å²) in [5, 5.41) is 9.18.